The Morgan fingerprint density at radius 2 is 1.46 bits per heavy atom. The number of ketones is 2. The molecule has 4 atom stereocenters. The quantitative estimate of drug-likeness (QED) is 0.204. The van der Waals surface area contributed by atoms with E-state index in [9.17, 15) is 24.5 Å². The fraction of sp³-hybridized carbons (Fsp3) is 0.121. The van der Waals surface area contributed by atoms with Gasteiger partial charge in [0.05, 0.1) is 16.9 Å². The largest absolute Gasteiger partial charge is 0.352 e. The van der Waals surface area contributed by atoms with Crippen LogP contribution < -0.4 is 10.2 Å². The molecule has 3 aliphatic heterocycles. The number of nitrogens with one attached hydrogen (secondary N) is 1. The van der Waals surface area contributed by atoms with Gasteiger partial charge in [0.15, 0.2) is 11.6 Å². The number of nitro benzene ring substituents is 1. The first-order valence-corrected chi connectivity index (χ1v) is 13.3. The Kier molecular flexibility index (Phi) is 5.47. The maximum Gasteiger partial charge on any atom is 0.269 e. The molecule has 0 radical (unpaired) electrons. The monoisotopic (exact) mass is 541 g/mol. The van der Waals surface area contributed by atoms with Gasteiger partial charge in [-0.05, 0) is 35.4 Å². The van der Waals surface area contributed by atoms with Crippen LogP contribution in [-0.2, 0) is 10.2 Å². The summed E-state index contributed by atoms with van der Waals surface area (Å²) in [5.74, 6) is -2.15. The van der Waals surface area contributed by atoms with Crippen LogP contribution in [0.4, 0.5) is 17.1 Å². The number of benzene rings is 4. The van der Waals surface area contributed by atoms with Crippen molar-refractivity contribution in [1.82, 2.24) is 0 Å². The number of nitro groups is 1. The smallest absolute Gasteiger partial charge is 0.269 e. The van der Waals surface area contributed by atoms with Crippen molar-refractivity contribution >= 4 is 40.6 Å². The number of rotatable bonds is 5. The summed E-state index contributed by atoms with van der Waals surface area (Å²) in [5, 5.41) is 14.3. The Morgan fingerprint density at radius 1 is 0.805 bits per heavy atom. The molecule has 1 fully saturated rings. The molecule has 7 rings (SSSR count). The van der Waals surface area contributed by atoms with E-state index in [1.165, 1.54) is 24.3 Å². The summed E-state index contributed by atoms with van der Waals surface area (Å²) in [6, 6.07) is 27.3. The standard InChI is InChI=1S/C33H23N3O5/c37-30(21-9-2-1-3-10-21)28-29(31(38)22-14-17-23(18-15-22)36(40)41)35-26-13-7-4-8-20(26)16-19-27(35)33(28)24-11-5-6-12-25(24)34-32(33)39/h1-19,27-29H,(H,34,39)/t27-,28-,29+,33+/m1/s1. The van der Waals surface area contributed by atoms with E-state index in [0.29, 0.717) is 16.8 Å². The minimum absolute atomic E-state index is 0.144. The van der Waals surface area contributed by atoms with Crippen molar-refractivity contribution in [1.29, 1.82) is 0 Å². The van der Waals surface area contributed by atoms with E-state index >= 15 is 0 Å². The highest BCUT2D eigenvalue weighted by molar-refractivity contribution is 6.18. The van der Waals surface area contributed by atoms with Gasteiger partial charge >= 0.3 is 0 Å². The van der Waals surface area contributed by atoms with Gasteiger partial charge < -0.3 is 10.2 Å². The molecule has 0 aliphatic carbocycles. The predicted molar refractivity (Wildman–Crippen MR) is 154 cm³/mol. The predicted octanol–water partition coefficient (Wildman–Crippen LogP) is 5.45. The second-order valence-electron chi connectivity index (χ2n) is 10.5. The molecule has 0 unspecified atom stereocenters. The molecule has 0 bridgehead atoms. The van der Waals surface area contributed by atoms with Gasteiger partial charge in [-0.25, -0.2) is 0 Å². The SMILES string of the molecule is O=C(c1ccc([N+](=O)[O-])cc1)[C@@H]1[C@H](C(=O)c2ccccc2)[C@@]2(C(=O)Nc3ccccc32)[C@H]2C=Cc3ccccc3N12. The molecule has 3 heterocycles. The van der Waals surface area contributed by atoms with E-state index in [1.807, 2.05) is 65.6 Å². The lowest BCUT2D eigenvalue weighted by molar-refractivity contribution is -0.384. The van der Waals surface area contributed by atoms with Crippen LogP contribution in [0.3, 0.4) is 0 Å². The summed E-state index contributed by atoms with van der Waals surface area (Å²) in [5.41, 5.74) is 1.94. The third-order valence-electron chi connectivity index (χ3n) is 8.51. The fourth-order valence-electron chi connectivity index (χ4n) is 6.82. The maximum atomic E-state index is 14.6. The maximum absolute atomic E-state index is 14.6. The summed E-state index contributed by atoms with van der Waals surface area (Å²) >= 11 is 0. The number of carbonyl (C=O) groups excluding carboxylic acids is 3. The van der Waals surface area contributed by atoms with Gasteiger partial charge in [0, 0.05) is 34.6 Å². The number of hydrogen-bond donors (Lipinski definition) is 1. The molecule has 41 heavy (non-hydrogen) atoms. The van der Waals surface area contributed by atoms with Crippen molar-refractivity contribution in [2.45, 2.75) is 17.5 Å². The van der Waals surface area contributed by atoms with E-state index in [2.05, 4.69) is 5.32 Å². The molecule has 8 heteroatoms. The number of nitrogens with zero attached hydrogens (tertiary/aromatic N) is 2. The van der Waals surface area contributed by atoms with Crippen LogP contribution in [0.15, 0.2) is 109 Å². The van der Waals surface area contributed by atoms with E-state index in [0.717, 1.165) is 11.3 Å². The van der Waals surface area contributed by atoms with Gasteiger partial charge in [-0.3, -0.25) is 24.5 Å². The zero-order valence-electron chi connectivity index (χ0n) is 21.6. The van der Waals surface area contributed by atoms with Gasteiger partial charge in [-0.1, -0.05) is 78.9 Å². The first kappa shape index (κ1) is 24.7. The first-order valence-electron chi connectivity index (χ1n) is 13.3. The van der Waals surface area contributed by atoms with E-state index in [1.54, 1.807) is 30.3 Å². The Hall–Kier alpha value is -5.37. The zero-order valence-corrected chi connectivity index (χ0v) is 21.6. The van der Waals surface area contributed by atoms with Crippen LogP contribution in [0.5, 0.6) is 0 Å². The van der Waals surface area contributed by atoms with Crippen molar-refractivity contribution < 1.29 is 19.3 Å². The third kappa shape index (κ3) is 3.43. The van der Waals surface area contributed by atoms with Gasteiger partial charge in [0.1, 0.15) is 11.5 Å². The highest BCUT2D eigenvalue weighted by Crippen LogP contribution is 2.58. The second kappa shape index (κ2) is 9.09. The number of non-ortho nitro benzene ring substituents is 1. The number of hydrogen-bond acceptors (Lipinski definition) is 6. The van der Waals surface area contributed by atoms with Crippen molar-refractivity contribution in [3.8, 4) is 0 Å². The average molecular weight is 542 g/mol. The molecule has 0 aromatic heterocycles. The highest BCUT2D eigenvalue weighted by Gasteiger charge is 2.70. The fourth-order valence-corrected chi connectivity index (χ4v) is 6.82. The van der Waals surface area contributed by atoms with Gasteiger partial charge in [0.2, 0.25) is 5.91 Å². The summed E-state index contributed by atoms with van der Waals surface area (Å²) in [6.45, 7) is 0. The molecule has 8 nitrogen and oxygen atoms in total. The molecule has 3 aliphatic rings. The first-order chi connectivity index (χ1) is 19.9. The molecular formula is C33H23N3O5. The number of para-hydroxylation sites is 2. The summed E-state index contributed by atoms with van der Waals surface area (Å²) in [6.07, 6.45) is 3.85. The summed E-state index contributed by atoms with van der Waals surface area (Å²) in [4.78, 5) is 56.2. The van der Waals surface area contributed by atoms with E-state index in [-0.39, 0.29) is 22.9 Å². The number of anilines is 2. The number of Topliss-reactive ketones (excluding diaryl/α,β-unsaturated/α-hetero) is 2. The minimum atomic E-state index is -1.41. The summed E-state index contributed by atoms with van der Waals surface area (Å²) in [7, 11) is 0. The van der Waals surface area contributed by atoms with Crippen molar-refractivity contribution in [3.63, 3.8) is 0 Å². The normalized spacial score (nSPS) is 23.5. The Balaban J connectivity index is 1.51. The molecule has 1 spiro atoms. The lowest BCUT2D eigenvalue weighted by Crippen LogP contribution is -2.51. The van der Waals surface area contributed by atoms with Crippen molar-refractivity contribution in [3.05, 3.63) is 142 Å². The van der Waals surface area contributed by atoms with Crippen molar-refractivity contribution in [2.75, 3.05) is 10.2 Å². The zero-order chi connectivity index (χ0) is 28.3. The molecule has 1 N–H and O–H groups in total. The Bertz CT molecular complexity index is 1780. The summed E-state index contributed by atoms with van der Waals surface area (Å²) < 4.78 is 0. The van der Waals surface area contributed by atoms with Gasteiger partial charge in [-0.15, -0.1) is 0 Å². The van der Waals surface area contributed by atoms with Gasteiger partial charge in [-0.2, -0.15) is 0 Å². The topological polar surface area (TPSA) is 110 Å². The van der Waals surface area contributed by atoms with Crippen LogP contribution in [0, 0.1) is 16.0 Å². The lowest BCUT2D eigenvalue weighted by atomic mass is 9.64. The van der Waals surface area contributed by atoms with E-state index in [4.69, 9.17) is 0 Å². The Labute approximate surface area is 235 Å². The molecular weight excluding hydrogens is 518 g/mol. The van der Waals surface area contributed by atoms with Crippen LogP contribution in [-0.4, -0.2) is 34.5 Å². The van der Waals surface area contributed by atoms with Crippen molar-refractivity contribution in [2.24, 2.45) is 5.92 Å². The number of amides is 1. The van der Waals surface area contributed by atoms with Crippen LogP contribution >= 0.6 is 0 Å². The molecule has 200 valence electrons. The Morgan fingerprint density at radius 3 is 2.22 bits per heavy atom. The van der Waals surface area contributed by atoms with Gasteiger partial charge in [0.25, 0.3) is 5.69 Å². The second-order valence-corrected chi connectivity index (χ2v) is 10.5. The molecule has 4 aromatic rings. The number of fused-ring (bicyclic) bond motifs is 6. The minimum Gasteiger partial charge on any atom is -0.352 e. The van der Waals surface area contributed by atoms with Crippen LogP contribution in [0.1, 0.15) is 31.8 Å². The molecule has 1 saturated heterocycles. The van der Waals surface area contributed by atoms with Crippen LogP contribution in [0.25, 0.3) is 6.08 Å². The highest BCUT2D eigenvalue weighted by atomic mass is 16.6. The number of carbonyl (C=O) groups is 3. The average Bonchev–Trinajstić information content (AvgIpc) is 3.49. The molecule has 1 amide bonds. The lowest BCUT2D eigenvalue weighted by Gasteiger charge is -2.37. The van der Waals surface area contributed by atoms with Crippen LogP contribution in [0.2, 0.25) is 0 Å². The van der Waals surface area contributed by atoms with E-state index < -0.39 is 34.1 Å². The third-order valence-corrected chi connectivity index (χ3v) is 8.51. The molecule has 4 aromatic carbocycles. The molecule has 0 saturated carbocycles.